The van der Waals surface area contributed by atoms with Gasteiger partial charge in [-0.2, -0.15) is 0 Å². The Kier molecular flexibility index (Phi) is 3.31. The van der Waals surface area contributed by atoms with Crippen LogP contribution in [0.3, 0.4) is 0 Å². The van der Waals surface area contributed by atoms with E-state index in [1.54, 1.807) is 24.3 Å². The van der Waals surface area contributed by atoms with Crippen LogP contribution in [0.2, 0.25) is 0 Å². The maximum absolute atomic E-state index is 11.4. The van der Waals surface area contributed by atoms with Crippen LogP contribution in [0.5, 0.6) is 5.75 Å². The number of aryl methyl sites for hydroxylation is 1. The number of aldehydes is 1. The summed E-state index contributed by atoms with van der Waals surface area (Å²) in [5.41, 5.74) is 0.943. The van der Waals surface area contributed by atoms with E-state index in [4.69, 9.17) is 13.6 Å². The lowest BCUT2D eigenvalue weighted by Crippen LogP contribution is -1.98. The fourth-order valence-electron chi connectivity index (χ4n) is 2.08. The van der Waals surface area contributed by atoms with Crippen molar-refractivity contribution in [3.05, 3.63) is 63.9 Å². The molecule has 0 atom stereocenters. The minimum Gasteiger partial charge on any atom is -0.486 e. The van der Waals surface area contributed by atoms with Crippen LogP contribution in [0.4, 0.5) is 0 Å². The van der Waals surface area contributed by atoms with Gasteiger partial charge in [0.15, 0.2) is 12.0 Å². The molecule has 0 unspecified atom stereocenters. The molecule has 106 valence electrons. The predicted molar refractivity (Wildman–Crippen MR) is 75.6 cm³/mol. The fraction of sp³-hybridized carbons (Fsp3) is 0.125. The summed E-state index contributed by atoms with van der Waals surface area (Å²) in [6, 6.07) is 9.99. The van der Waals surface area contributed by atoms with Crippen molar-refractivity contribution in [3.63, 3.8) is 0 Å². The first kappa shape index (κ1) is 13.2. The van der Waals surface area contributed by atoms with Gasteiger partial charge in [-0.15, -0.1) is 0 Å². The van der Waals surface area contributed by atoms with Crippen molar-refractivity contribution in [2.75, 3.05) is 0 Å². The smallest absolute Gasteiger partial charge is 0.336 e. The van der Waals surface area contributed by atoms with E-state index in [0.29, 0.717) is 23.4 Å². The molecule has 0 amide bonds. The van der Waals surface area contributed by atoms with Crippen molar-refractivity contribution in [2.24, 2.45) is 0 Å². The van der Waals surface area contributed by atoms with E-state index in [1.807, 2.05) is 13.0 Å². The zero-order chi connectivity index (χ0) is 14.8. The van der Waals surface area contributed by atoms with Crippen molar-refractivity contribution in [3.8, 4) is 5.75 Å². The molecule has 3 rings (SSSR count). The maximum atomic E-state index is 11.4. The van der Waals surface area contributed by atoms with Crippen molar-refractivity contribution >= 4 is 17.3 Å². The quantitative estimate of drug-likeness (QED) is 0.544. The Balaban J connectivity index is 1.84. The molecule has 0 N–H and O–H groups in total. The normalized spacial score (nSPS) is 10.7. The Labute approximate surface area is 119 Å². The molecule has 3 aromatic rings. The number of fused-ring (bicyclic) bond motifs is 1. The summed E-state index contributed by atoms with van der Waals surface area (Å²) in [5, 5.41) is 0.864. The molecule has 0 saturated heterocycles. The zero-order valence-electron chi connectivity index (χ0n) is 11.3. The maximum Gasteiger partial charge on any atom is 0.336 e. The van der Waals surface area contributed by atoms with Crippen LogP contribution >= 0.6 is 0 Å². The number of ether oxygens (including phenoxy) is 1. The average molecular weight is 284 g/mol. The first-order valence-corrected chi connectivity index (χ1v) is 6.37. The fourth-order valence-corrected chi connectivity index (χ4v) is 2.08. The Morgan fingerprint density at radius 1 is 1.14 bits per heavy atom. The van der Waals surface area contributed by atoms with Crippen LogP contribution in [-0.2, 0) is 6.61 Å². The van der Waals surface area contributed by atoms with E-state index in [2.05, 4.69) is 0 Å². The molecule has 0 aliphatic rings. The number of rotatable bonds is 4. The second-order valence-electron chi connectivity index (χ2n) is 4.62. The van der Waals surface area contributed by atoms with Crippen molar-refractivity contribution in [2.45, 2.75) is 13.5 Å². The van der Waals surface area contributed by atoms with Gasteiger partial charge in [0.2, 0.25) is 0 Å². The summed E-state index contributed by atoms with van der Waals surface area (Å²) in [5.74, 6) is 1.36. The summed E-state index contributed by atoms with van der Waals surface area (Å²) >= 11 is 0. The number of benzene rings is 1. The Hall–Kier alpha value is -2.82. The van der Waals surface area contributed by atoms with Gasteiger partial charge in [0.05, 0.1) is 0 Å². The largest absolute Gasteiger partial charge is 0.486 e. The second kappa shape index (κ2) is 5.28. The van der Waals surface area contributed by atoms with E-state index in [9.17, 15) is 9.59 Å². The molecule has 2 aromatic heterocycles. The van der Waals surface area contributed by atoms with Crippen LogP contribution in [-0.4, -0.2) is 6.29 Å². The van der Waals surface area contributed by atoms with Crippen LogP contribution in [0, 0.1) is 6.92 Å². The summed E-state index contributed by atoms with van der Waals surface area (Å²) in [6.45, 7) is 2.04. The monoisotopic (exact) mass is 284 g/mol. The Bertz CT molecular complexity index is 856. The van der Waals surface area contributed by atoms with Gasteiger partial charge >= 0.3 is 5.63 Å². The molecule has 0 aliphatic carbocycles. The number of hydrogen-bond acceptors (Lipinski definition) is 5. The van der Waals surface area contributed by atoms with Gasteiger partial charge < -0.3 is 13.6 Å². The molecule has 1 aromatic carbocycles. The van der Waals surface area contributed by atoms with Gasteiger partial charge in [-0.25, -0.2) is 4.79 Å². The highest BCUT2D eigenvalue weighted by Crippen LogP contribution is 2.23. The molecule has 0 bridgehead atoms. The minimum absolute atomic E-state index is 0.190. The van der Waals surface area contributed by atoms with Gasteiger partial charge in [0.1, 0.15) is 23.7 Å². The van der Waals surface area contributed by atoms with Crippen molar-refractivity contribution < 1.29 is 18.4 Å². The van der Waals surface area contributed by atoms with Gasteiger partial charge in [0, 0.05) is 17.5 Å². The van der Waals surface area contributed by atoms with Crippen LogP contribution in [0.25, 0.3) is 11.0 Å². The summed E-state index contributed by atoms with van der Waals surface area (Å²) in [7, 11) is 0. The lowest BCUT2D eigenvalue weighted by molar-refractivity contribution is 0.109. The first-order valence-electron chi connectivity index (χ1n) is 6.37. The first-order chi connectivity index (χ1) is 10.2. The summed E-state index contributed by atoms with van der Waals surface area (Å²) in [4.78, 5) is 21.9. The standard InChI is InChI=1S/C16H12O5/c1-10-6-16(18)21-15-7-11(4-5-14(10)15)19-9-13-3-2-12(8-17)20-13/h2-8H,9H2,1H3. The molecule has 0 fully saturated rings. The predicted octanol–water partition coefficient (Wildman–Crippen LogP) is 3.09. The molecule has 21 heavy (non-hydrogen) atoms. The number of hydrogen-bond donors (Lipinski definition) is 0. The third kappa shape index (κ3) is 2.72. The van der Waals surface area contributed by atoms with Crippen LogP contribution in [0.1, 0.15) is 21.9 Å². The van der Waals surface area contributed by atoms with E-state index in [-0.39, 0.29) is 18.0 Å². The molecular weight excluding hydrogens is 272 g/mol. The highest BCUT2D eigenvalue weighted by atomic mass is 16.5. The Morgan fingerprint density at radius 3 is 2.76 bits per heavy atom. The highest BCUT2D eigenvalue weighted by molar-refractivity contribution is 5.81. The minimum atomic E-state index is -0.390. The molecule has 0 spiro atoms. The van der Waals surface area contributed by atoms with Crippen molar-refractivity contribution in [1.29, 1.82) is 0 Å². The molecule has 0 radical (unpaired) electrons. The topological polar surface area (TPSA) is 69.7 Å². The van der Waals surface area contributed by atoms with E-state index in [1.165, 1.54) is 6.07 Å². The SMILES string of the molecule is Cc1cc(=O)oc2cc(OCc3ccc(C=O)o3)ccc12. The number of carbonyl (C=O) groups excluding carboxylic acids is 1. The molecule has 0 saturated carbocycles. The summed E-state index contributed by atoms with van der Waals surface area (Å²) in [6.07, 6.45) is 0.636. The van der Waals surface area contributed by atoms with Crippen LogP contribution < -0.4 is 10.4 Å². The Morgan fingerprint density at radius 2 is 2.00 bits per heavy atom. The lowest BCUT2D eigenvalue weighted by atomic mass is 10.1. The van der Waals surface area contributed by atoms with Crippen LogP contribution in [0.15, 0.2) is 50.0 Å². The lowest BCUT2D eigenvalue weighted by Gasteiger charge is -2.06. The number of carbonyl (C=O) groups is 1. The van der Waals surface area contributed by atoms with Gasteiger partial charge in [-0.1, -0.05) is 0 Å². The molecule has 2 heterocycles. The molecule has 5 heteroatoms. The van der Waals surface area contributed by atoms with Gasteiger partial charge in [-0.3, -0.25) is 4.79 Å². The highest BCUT2D eigenvalue weighted by Gasteiger charge is 2.06. The van der Waals surface area contributed by atoms with Crippen molar-refractivity contribution in [1.82, 2.24) is 0 Å². The molecule has 0 aliphatic heterocycles. The van der Waals surface area contributed by atoms with E-state index >= 15 is 0 Å². The molecule has 5 nitrogen and oxygen atoms in total. The van der Waals surface area contributed by atoms with Gasteiger partial charge in [0.25, 0.3) is 0 Å². The third-order valence-electron chi connectivity index (χ3n) is 3.10. The van der Waals surface area contributed by atoms with Gasteiger partial charge in [-0.05, 0) is 36.8 Å². The summed E-state index contributed by atoms with van der Waals surface area (Å²) < 4.78 is 15.9. The second-order valence-corrected chi connectivity index (χ2v) is 4.62. The molecular formula is C16H12O5. The van der Waals surface area contributed by atoms with E-state index < -0.39 is 0 Å². The third-order valence-corrected chi connectivity index (χ3v) is 3.10. The average Bonchev–Trinajstić information content (AvgIpc) is 2.92. The van der Waals surface area contributed by atoms with E-state index in [0.717, 1.165) is 10.9 Å². The zero-order valence-corrected chi connectivity index (χ0v) is 11.3. The number of furan rings is 1.